The molecular weight excluding hydrogens is 450 g/mol. The molecule has 0 saturated carbocycles. The lowest BCUT2D eigenvalue weighted by atomic mass is 10.1. The van der Waals surface area contributed by atoms with Crippen LogP contribution in [0, 0.1) is 0 Å². The maximum atomic E-state index is 13.5. The Morgan fingerprint density at radius 2 is 1.88 bits per heavy atom. The standard InChI is InChI=1S/C22H27N3O5S2/c1-22(2,3)24-32(27,28)19-14-15(10-11-17(19)30-5)20(26)25(12-13-29-4)21-23-16-8-6-7-9-18(16)31-21/h6-11,14,24H,12-13H2,1-5H3. The molecule has 10 heteroatoms. The fourth-order valence-electron chi connectivity index (χ4n) is 3.08. The lowest BCUT2D eigenvalue weighted by Crippen LogP contribution is -2.40. The van der Waals surface area contributed by atoms with Gasteiger partial charge in [-0.3, -0.25) is 9.69 Å². The predicted octanol–water partition coefficient (Wildman–Crippen LogP) is 3.67. The maximum absolute atomic E-state index is 13.5. The van der Waals surface area contributed by atoms with E-state index in [-0.39, 0.29) is 28.7 Å². The van der Waals surface area contributed by atoms with Gasteiger partial charge < -0.3 is 9.47 Å². The Balaban J connectivity index is 2.04. The SMILES string of the molecule is COCCN(C(=O)c1ccc(OC)c(S(=O)(=O)NC(C)(C)C)c1)c1nc2ccccc2s1. The summed E-state index contributed by atoms with van der Waals surface area (Å²) in [6.07, 6.45) is 0. The van der Waals surface area contributed by atoms with Crippen LogP contribution < -0.4 is 14.4 Å². The molecule has 32 heavy (non-hydrogen) atoms. The highest BCUT2D eigenvalue weighted by molar-refractivity contribution is 7.89. The molecule has 1 N–H and O–H groups in total. The fourth-order valence-corrected chi connectivity index (χ4v) is 5.68. The number of amides is 1. The minimum Gasteiger partial charge on any atom is -0.495 e. The molecule has 0 atom stereocenters. The third-order valence-electron chi connectivity index (χ3n) is 4.42. The van der Waals surface area contributed by atoms with Crippen molar-refractivity contribution in [3.8, 4) is 5.75 Å². The average Bonchev–Trinajstić information content (AvgIpc) is 3.15. The normalized spacial score (nSPS) is 12.2. The molecule has 0 fully saturated rings. The van der Waals surface area contributed by atoms with Crippen LogP contribution in [0.4, 0.5) is 5.13 Å². The summed E-state index contributed by atoms with van der Waals surface area (Å²) in [6, 6.07) is 12.0. The summed E-state index contributed by atoms with van der Waals surface area (Å²) in [4.78, 5) is 19.5. The van der Waals surface area contributed by atoms with E-state index in [0.29, 0.717) is 11.7 Å². The monoisotopic (exact) mass is 477 g/mol. The lowest BCUT2D eigenvalue weighted by Gasteiger charge is -2.23. The van der Waals surface area contributed by atoms with Gasteiger partial charge in [-0.2, -0.15) is 0 Å². The number of ether oxygens (including phenoxy) is 2. The van der Waals surface area contributed by atoms with Gasteiger partial charge in [0, 0.05) is 18.2 Å². The number of nitrogens with one attached hydrogen (secondary N) is 1. The summed E-state index contributed by atoms with van der Waals surface area (Å²) in [7, 11) is -0.987. The Labute approximate surface area is 192 Å². The smallest absolute Gasteiger partial charge is 0.260 e. The Bertz CT molecular complexity index is 1180. The summed E-state index contributed by atoms with van der Waals surface area (Å²) in [5, 5.41) is 0.515. The van der Waals surface area contributed by atoms with Crippen molar-refractivity contribution in [2.45, 2.75) is 31.2 Å². The lowest BCUT2D eigenvalue weighted by molar-refractivity contribution is 0.0975. The number of thiazole rings is 1. The first-order chi connectivity index (χ1) is 15.1. The van der Waals surface area contributed by atoms with Crippen molar-refractivity contribution in [3.05, 3.63) is 48.0 Å². The van der Waals surface area contributed by atoms with E-state index in [1.54, 1.807) is 33.9 Å². The van der Waals surface area contributed by atoms with Crippen molar-refractivity contribution < 1.29 is 22.7 Å². The van der Waals surface area contributed by atoms with E-state index in [9.17, 15) is 13.2 Å². The molecule has 0 spiro atoms. The van der Waals surface area contributed by atoms with Gasteiger partial charge in [0.2, 0.25) is 10.0 Å². The number of hydrogen-bond acceptors (Lipinski definition) is 7. The van der Waals surface area contributed by atoms with Crippen LogP contribution in [-0.4, -0.2) is 52.2 Å². The van der Waals surface area contributed by atoms with E-state index in [4.69, 9.17) is 9.47 Å². The van der Waals surface area contributed by atoms with Crippen LogP contribution in [0.2, 0.25) is 0 Å². The topological polar surface area (TPSA) is 97.8 Å². The van der Waals surface area contributed by atoms with Crippen LogP contribution >= 0.6 is 11.3 Å². The van der Waals surface area contributed by atoms with E-state index in [1.807, 2.05) is 24.3 Å². The van der Waals surface area contributed by atoms with E-state index >= 15 is 0 Å². The summed E-state index contributed by atoms with van der Waals surface area (Å²) in [5.74, 6) is -0.224. The zero-order valence-corrected chi connectivity index (χ0v) is 20.3. The summed E-state index contributed by atoms with van der Waals surface area (Å²) < 4.78 is 40.0. The van der Waals surface area contributed by atoms with E-state index in [2.05, 4.69) is 9.71 Å². The van der Waals surface area contributed by atoms with Crippen molar-refractivity contribution in [3.63, 3.8) is 0 Å². The highest BCUT2D eigenvalue weighted by atomic mass is 32.2. The minimum atomic E-state index is -3.93. The molecule has 0 radical (unpaired) electrons. The summed E-state index contributed by atoms with van der Waals surface area (Å²) in [5.41, 5.74) is 0.292. The maximum Gasteiger partial charge on any atom is 0.260 e. The molecule has 0 bridgehead atoms. The van der Waals surface area contributed by atoms with Crippen LogP contribution in [0.5, 0.6) is 5.75 Å². The van der Waals surface area contributed by atoms with Crippen LogP contribution in [0.25, 0.3) is 10.2 Å². The fraction of sp³-hybridized carbons (Fsp3) is 0.364. The minimum absolute atomic E-state index is 0.100. The van der Waals surface area contributed by atoms with Gasteiger partial charge in [0.15, 0.2) is 5.13 Å². The predicted molar refractivity (Wildman–Crippen MR) is 126 cm³/mol. The molecule has 2 aromatic carbocycles. The molecule has 0 aliphatic heterocycles. The third-order valence-corrected chi connectivity index (χ3v) is 7.26. The Morgan fingerprint density at radius 1 is 1.16 bits per heavy atom. The largest absolute Gasteiger partial charge is 0.495 e. The number of sulfonamides is 1. The number of para-hydroxylation sites is 1. The molecule has 1 heterocycles. The van der Waals surface area contributed by atoms with Crippen LogP contribution in [-0.2, 0) is 14.8 Å². The van der Waals surface area contributed by atoms with Gasteiger partial charge in [-0.15, -0.1) is 0 Å². The molecule has 8 nitrogen and oxygen atoms in total. The number of rotatable bonds is 8. The first-order valence-corrected chi connectivity index (χ1v) is 12.2. The van der Waals surface area contributed by atoms with E-state index in [1.165, 1.54) is 35.5 Å². The molecule has 1 aromatic heterocycles. The van der Waals surface area contributed by atoms with Gasteiger partial charge >= 0.3 is 0 Å². The summed E-state index contributed by atoms with van der Waals surface area (Å²) in [6.45, 7) is 5.79. The van der Waals surface area contributed by atoms with E-state index in [0.717, 1.165) is 10.2 Å². The molecule has 3 rings (SSSR count). The number of aromatic nitrogens is 1. The number of carbonyl (C=O) groups is 1. The van der Waals surface area contributed by atoms with Crippen molar-refractivity contribution in [1.82, 2.24) is 9.71 Å². The first-order valence-electron chi connectivity index (χ1n) is 9.94. The second-order valence-corrected chi connectivity index (χ2v) is 10.8. The molecule has 0 unspecified atom stereocenters. The number of benzene rings is 2. The quantitative estimate of drug-likeness (QED) is 0.532. The van der Waals surface area contributed by atoms with Gasteiger partial charge in [0.05, 0.1) is 30.5 Å². The second kappa shape index (κ2) is 9.53. The Kier molecular flexibility index (Phi) is 7.19. The number of anilines is 1. The third kappa shape index (κ3) is 5.44. The second-order valence-electron chi connectivity index (χ2n) is 8.13. The van der Waals surface area contributed by atoms with Crippen LogP contribution in [0.3, 0.4) is 0 Å². The van der Waals surface area contributed by atoms with Gasteiger partial charge in [-0.05, 0) is 51.1 Å². The van der Waals surface area contributed by atoms with Gasteiger partial charge in [0.25, 0.3) is 5.91 Å². The number of methoxy groups -OCH3 is 2. The summed E-state index contributed by atoms with van der Waals surface area (Å²) >= 11 is 1.39. The number of carbonyl (C=O) groups excluding carboxylic acids is 1. The molecular formula is C22H27N3O5S2. The Hall–Kier alpha value is -2.53. The van der Waals surface area contributed by atoms with Crippen molar-refractivity contribution in [1.29, 1.82) is 0 Å². The zero-order chi connectivity index (χ0) is 23.5. The number of fused-ring (bicyclic) bond motifs is 1. The average molecular weight is 478 g/mol. The van der Waals surface area contributed by atoms with Gasteiger partial charge in [0.1, 0.15) is 10.6 Å². The zero-order valence-electron chi connectivity index (χ0n) is 18.7. The van der Waals surface area contributed by atoms with Crippen LogP contribution in [0.1, 0.15) is 31.1 Å². The van der Waals surface area contributed by atoms with Crippen molar-refractivity contribution in [2.75, 3.05) is 32.3 Å². The van der Waals surface area contributed by atoms with Crippen molar-refractivity contribution in [2.24, 2.45) is 0 Å². The highest BCUT2D eigenvalue weighted by Gasteiger charge is 2.28. The van der Waals surface area contributed by atoms with E-state index < -0.39 is 15.6 Å². The first kappa shape index (κ1) is 24.1. The number of hydrogen-bond donors (Lipinski definition) is 1. The van der Waals surface area contributed by atoms with Crippen LogP contribution in [0.15, 0.2) is 47.4 Å². The number of nitrogens with zero attached hydrogens (tertiary/aromatic N) is 2. The molecule has 0 saturated heterocycles. The highest BCUT2D eigenvalue weighted by Crippen LogP contribution is 2.31. The van der Waals surface area contributed by atoms with Gasteiger partial charge in [-0.25, -0.2) is 18.1 Å². The molecule has 3 aromatic rings. The molecule has 0 aliphatic rings. The molecule has 0 aliphatic carbocycles. The molecule has 172 valence electrons. The Morgan fingerprint density at radius 3 is 2.50 bits per heavy atom. The van der Waals surface area contributed by atoms with Gasteiger partial charge in [-0.1, -0.05) is 23.5 Å². The van der Waals surface area contributed by atoms with Crippen molar-refractivity contribution >= 4 is 42.6 Å². The molecule has 1 amide bonds.